The molecule has 0 bridgehead atoms. The standard InChI is InChI=1S/C20H21F2N5O/c1-25-11-7-23-20(25)19-18(14-5-6-15(21)16(22)12-14)24-13-27(19)10-3-9-26-8-2-4-17(26)28/h5-7,11-13H,2-4,8-10H2,1H3. The van der Waals surface area contributed by atoms with Crippen molar-refractivity contribution in [1.82, 2.24) is 24.0 Å². The molecule has 0 unspecified atom stereocenters. The van der Waals surface area contributed by atoms with E-state index in [2.05, 4.69) is 9.97 Å². The number of halogens is 2. The van der Waals surface area contributed by atoms with E-state index in [-0.39, 0.29) is 5.91 Å². The number of imidazole rings is 2. The van der Waals surface area contributed by atoms with Crippen LogP contribution in [0.1, 0.15) is 19.3 Å². The number of carbonyl (C=O) groups is 1. The van der Waals surface area contributed by atoms with Crippen molar-refractivity contribution in [2.75, 3.05) is 13.1 Å². The molecule has 0 N–H and O–H groups in total. The largest absolute Gasteiger partial charge is 0.343 e. The monoisotopic (exact) mass is 385 g/mol. The van der Waals surface area contributed by atoms with Crippen molar-refractivity contribution in [3.63, 3.8) is 0 Å². The highest BCUT2D eigenvalue weighted by Crippen LogP contribution is 2.31. The SMILES string of the molecule is Cn1ccnc1-c1c(-c2ccc(F)c(F)c2)ncn1CCCN1CCCC1=O. The van der Waals surface area contributed by atoms with Crippen LogP contribution in [0, 0.1) is 11.6 Å². The van der Waals surface area contributed by atoms with Gasteiger partial charge < -0.3 is 14.0 Å². The van der Waals surface area contributed by atoms with Gasteiger partial charge in [0.15, 0.2) is 17.5 Å². The quantitative estimate of drug-likeness (QED) is 0.655. The first-order valence-corrected chi connectivity index (χ1v) is 9.30. The molecule has 146 valence electrons. The molecule has 1 aliphatic rings. The van der Waals surface area contributed by atoms with Gasteiger partial charge in [0.05, 0.1) is 12.0 Å². The van der Waals surface area contributed by atoms with Gasteiger partial charge in [0.1, 0.15) is 5.69 Å². The van der Waals surface area contributed by atoms with Gasteiger partial charge in [-0.2, -0.15) is 0 Å². The summed E-state index contributed by atoms with van der Waals surface area (Å²) in [5, 5.41) is 0. The zero-order valence-electron chi connectivity index (χ0n) is 15.6. The van der Waals surface area contributed by atoms with E-state index in [0.717, 1.165) is 37.2 Å². The molecule has 0 aliphatic carbocycles. The van der Waals surface area contributed by atoms with E-state index >= 15 is 0 Å². The molecule has 1 fully saturated rings. The van der Waals surface area contributed by atoms with Crippen molar-refractivity contribution in [2.24, 2.45) is 7.05 Å². The number of hydrogen-bond donors (Lipinski definition) is 0. The van der Waals surface area contributed by atoms with E-state index in [1.807, 2.05) is 27.3 Å². The van der Waals surface area contributed by atoms with E-state index in [0.29, 0.717) is 36.6 Å². The minimum atomic E-state index is -0.912. The second-order valence-corrected chi connectivity index (χ2v) is 6.96. The molecule has 1 aromatic carbocycles. The van der Waals surface area contributed by atoms with Crippen LogP contribution in [0.2, 0.25) is 0 Å². The van der Waals surface area contributed by atoms with Gasteiger partial charge in [0, 0.05) is 51.1 Å². The summed E-state index contributed by atoms with van der Waals surface area (Å²) in [4.78, 5) is 22.5. The summed E-state index contributed by atoms with van der Waals surface area (Å²) in [6, 6.07) is 3.77. The number of carbonyl (C=O) groups excluding carboxylic acids is 1. The third kappa shape index (κ3) is 3.42. The maximum absolute atomic E-state index is 13.8. The Bertz CT molecular complexity index is 1010. The number of amides is 1. The van der Waals surface area contributed by atoms with Crippen molar-refractivity contribution in [1.29, 1.82) is 0 Å². The first-order chi connectivity index (χ1) is 13.5. The zero-order chi connectivity index (χ0) is 19.7. The zero-order valence-corrected chi connectivity index (χ0v) is 15.6. The number of aromatic nitrogens is 4. The van der Waals surface area contributed by atoms with Crippen LogP contribution in [0.5, 0.6) is 0 Å². The van der Waals surface area contributed by atoms with Crippen molar-refractivity contribution >= 4 is 5.91 Å². The number of nitrogens with zero attached hydrogens (tertiary/aromatic N) is 5. The Hall–Kier alpha value is -3.03. The number of likely N-dealkylation sites (tertiary alicyclic amines) is 1. The fourth-order valence-electron chi connectivity index (χ4n) is 3.61. The van der Waals surface area contributed by atoms with Crippen molar-refractivity contribution in [3.8, 4) is 22.8 Å². The molecule has 0 spiro atoms. The molecule has 2 aromatic heterocycles. The van der Waals surface area contributed by atoms with Gasteiger partial charge >= 0.3 is 0 Å². The Morgan fingerprint density at radius 1 is 1.14 bits per heavy atom. The second kappa shape index (κ2) is 7.53. The van der Waals surface area contributed by atoms with E-state index in [4.69, 9.17) is 0 Å². The molecule has 6 nitrogen and oxygen atoms in total. The van der Waals surface area contributed by atoms with Crippen molar-refractivity contribution in [3.05, 3.63) is 48.6 Å². The topological polar surface area (TPSA) is 56.0 Å². The molecule has 0 radical (unpaired) electrons. The van der Waals surface area contributed by atoms with Crippen LogP contribution in [0.25, 0.3) is 22.8 Å². The molecular weight excluding hydrogens is 364 g/mol. The molecule has 0 saturated carbocycles. The average molecular weight is 385 g/mol. The highest BCUT2D eigenvalue weighted by Gasteiger charge is 2.21. The van der Waals surface area contributed by atoms with E-state index in [9.17, 15) is 13.6 Å². The Labute approximate surface area is 161 Å². The summed E-state index contributed by atoms with van der Waals surface area (Å²) < 4.78 is 30.9. The third-order valence-corrected chi connectivity index (χ3v) is 5.06. The van der Waals surface area contributed by atoms with Gasteiger partial charge in [0.25, 0.3) is 0 Å². The molecule has 28 heavy (non-hydrogen) atoms. The first kappa shape index (κ1) is 18.3. The van der Waals surface area contributed by atoms with Crippen LogP contribution in [-0.2, 0) is 18.4 Å². The maximum atomic E-state index is 13.8. The number of hydrogen-bond acceptors (Lipinski definition) is 3. The predicted octanol–water partition coefficient (Wildman–Crippen LogP) is 3.24. The van der Waals surface area contributed by atoms with E-state index in [1.165, 1.54) is 6.07 Å². The van der Waals surface area contributed by atoms with Gasteiger partial charge in [-0.15, -0.1) is 0 Å². The molecule has 1 saturated heterocycles. The molecule has 0 atom stereocenters. The summed E-state index contributed by atoms with van der Waals surface area (Å²) >= 11 is 0. The summed E-state index contributed by atoms with van der Waals surface area (Å²) in [7, 11) is 1.87. The van der Waals surface area contributed by atoms with Gasteiger partial charge in [-0.3, -0.25) is 4.79 Å². The first-order valence-electron chi connectivity index (χ1n) is 9.30. The highest BCUT2D eigenvalue weighted by molar-refractivity contribution is 5.78. The Balaban J connectivity index is 1.65. The second-order valence-electron chi connectivity index (χ2n) is 6.96. The van der Waals surface area contributed by atoms with Gasteiger partial charge in [-0.05, 0) is 31.0 Å². The smallest absolute Gasteiger partial charge is 0.222 e. The number of aryl methyl sites for hydroxylation is 2. The average Bonchev–Trinajstić information content (AvgIpc) is 3.38. The Morgan fingerprint density at radius 2 is 2.00 bits per heavy atom. The van der Waals surface area contributed by atoms with Gasteiger partial charge in [-0.25, -0.2) is 18.7 Å². The van der Waals surface area contributed by atoms with Crippen LogP contribution in [-0.4, -0.2) is 43.0 Å². The van der Waals surface area contributed by atoms with Gasteiger partial charge in [-0.1, -0.05) is 0 Å². The predicted molar refractivity (Wildman–Crippen MR) is 100 cm³/mol. The van der Waals surface area contributed by atoms with Crippen LogP contribution in [0.4, 0.5) is 8.78 Å². The minimum absolute atomic E-state index is 0.206. The molecule has 8 heteroatoms. The molecule has 3 heterocycles. The lowest BCUT2D eigenvalue weighted by Gasteiger charge is -2.16. The van der Waals surface area contributed by atoms with E-state index in [1.54, 1.807) is 12.5 Å². The highest BCUT2D eigenvalue weighted by atomic mass is 19.2. The Morgan fingerprint density at radius 3 is 2.68 bits per heavy atom. The number of rotatable bonds is 6. The van der Waals surface area contributed by atoms with Crippen LogP contribution in [0.3, 0.4) is 0 Å². The fraction of sp³-hybridized carbons (Fsp3) is 0.350. The van der Waals surface area contributed by atoms with Crippen LogP contribution < -0.4 is 0 Å². The summed E-state index contributed by atoms with van der Waals surface area (Å²) in [5.74, 6) is -0.908. The maximum Gasteiger partial charge on any atom is 0.222 e. The minimum Gasteiger partial charge on any atom is -0.343 e. The summed E-state index contributed by atoms with van der Waals surface area (Å²) in [5.41, 5.74) is 1.78. The fourth-order valence-corrected chi connectivity index (χ4v) is 3.61. The molecule has 4 rings (SSSR count). The Kier molecular flexibility index (Phi) is 4.93. The normalized spacial score (nSPS) is 14.2. The molecule has 3 aromatic rings. The van der Waals surface area contributed by atoms with Crippen molar-refractivity contribution < 1.29 is 13.6 Å². The molecular formula is C20H21F2N5O. The molecule has 1 aliphatic heterocycles. The third-order valence-electron chi connectivity index (χ3n) is 5.06. The van der Waals surface area contributed by atoms with Crippen molar-refractivity contribution in [2.45, 2.75) is 25.8 Å². The lowest BCUT2D eigenvalue weighted by molar-refractivity contribution is -0.127. The number of benzene rings is 1. The lowest BCUT2D eigenvalue weighted by atomic mass is 10.1. The van der Waals surface area contributed by atoms with Crippen LogP contribution >= 0.6 is 0 Å². The molecule has 1 amide bonds. The summed E-state index contributed by atoms with van der Waals surface area (Å²) in [6.45, 7) is 2.15. The van der Waals surface area contributed by atoms with Crippen LogP contribution in [0.15, 0.2) is 36.9 Å². The van der Waals surface area contributed by atoms with E-state index < -0.39 is 11.6 Å². The summed E-state index contributed by atoms with van der Waals surface area (Å²) in [6.07, 6.45) is 7.52. The van der Waals surface area contributed by atoms with Gasteiger partial charge in [0.2, 0.25) is 5.91 Å². The lowest BCUT2D eigenvalue weighted by Crippen LogP contribution is -2.26.